The van der Waals surface area contributed by atoms with Crippen LogP contribution in [0.25, 0.3) is 0 Å². The summed E-state index contributed by atoms with van der Waals surface area (Å²) in [4.78, 5) is 11.0. The summed E-state index contributed by atoms with van der Waals surface area (Å²) in [6.45, 7) is 0. The Morgan fingerprint density at radius 1 is 1.41 bits per heavy atom. The molecule has 2 rings (SSSR count). The minimum absolute atomic E-state index is 0.224. The van der Waals surface area contributed by atoms with Crippen molar-refractivity contribution in [3.05, 3.63) is 28.2 Å². The number of carbonyl (C=O) groups excluding carboxylic acids is 1. The van der Waals surface area contributed by atoms with Crippen LogP contribution < -0.4 is 10.5 Å². The lowest BCUT2D eigenvalue weighted by atomic mass is 10.1. The van der Waals surface area contributed by atoms with Crippen molar-refractivity contribution in [3.63, 3.8) is 0 Å². The van der Waals surface area contributed by atoms with Crippen molar-refractivity contribution >= 4 is 21.8 Å². The molecule has 0 spiro atoms. The first-order valence-corrected chi connectivity index (χ1v) is 6.68. The maximum atomic E-state index is 11.0. The van der Waals surface area contributed by atoms with Gasteiger partial charge in [0.05, 0.1) is 12.5 Å². The standard InChI is InChI=1S/C13H16BrNO2/c14-10-5-6-12(9(7-10)8-13(15)16)17-11-3-1-2-4-11/h5-7,11H,1-4,8H2,(H2,15,16). The van der Waals surface area contributed by atoms with E-state index in [4.69, 9.17) is 10.5 Å². The zero-order valence-corrected chi connectivity index (χ0v) is 11.2. The molecule has 0 bridgehead atoms. The average molecular weight is 298 g/mol. The molecule has 0 radical (unpaired) electrons. The number of amides is 1. The van der Waals surface area contributed by atoms with Gasteiger partial charge in [0.1, 0.15) is 5.75 Å². The van der Waals surface area contributed by atoms with Crippen LogP contribution in [0.1, 0.15) is 31.2 Å². The minimum Gasteiger partial charge on any atom is -0.490 e. The summed E-state index contributed by atoms with van der Waals surface area (Å²) in [6, 6.07) is 5.73. The molecule has 1 aromatic carbocycles. The second-order valence-corrected chi connectivity index (χ2v) is 5.34. The molecular weight excluding hydrogens is 282 g/mol. The van der Waals surface area contributed by atoms with Crippen molar-refractivity contribution in [2.75, 3.05) is 0 Å². The molecule has 92 valence electrons. The van der Waals surface area contributed by atoms with Gasteiger partial charge < -0.3 is 10.5 Å². The van der Waals surface area contributed by atoms with Crippen LogP contribution in [0.5, 0.6) is 5.75 Å². The van der Waals surface area contributed by atoms with Gasteiger partial charge >= 0.3 is 0 Å². The molecule has 1 amide bonds. The maximum absolute atomic E-state index is 11.0. The van der Waals surface area contributed by atoms with Crippen LogP contribution in [0, 0.1) is 0 Å². The monoisotopic (exact) mass is 297 g/mol. The van der Waals surface area contributed by atoms with Crippen LogP contribution in [-0.4, -0.2) is 12.0 Å². The molecule has 0 unspecified atom stereocenters. The molecule has 1 fully saturated rings. The van der Waals surface area contributed by atoms with Gasteiger partial charge in [0.2, 0.25) is 5.91 Å². The summed E-state index contributed by atoms with van der Waals surface area (Å²) in [5, 5.41) is 0. The first kappa shape index (κ1) is 12.4. The predicted molar refractivity (Wildman–Crippen MR) is 69.9 cm³/mol. The molecular formula is C13H16BrNO2. The molecule has 1 saturated carbocycles. The number of hydrogen-bond acceptors (Lipinski definition) is 2. The number of ether oxygens (including phenoxy) is 1. The molecule has 0 aliphatic heterocycles. The Morgan fingerprint density at radius 3 is 2.76 bits per heavy atom. The Kier molecular flexibility index (Phi) is 4.05. The maximum Gasteiger partial charge on any atom is 0.221 e. The normalized spacial score (nSPS) is 16.1. The van der Waals surface area contributed by atoms with Gasteiger partial charge in [-0.3, -0.25) is 4.79 Å². The van der Waals surface area contributed by atoms with E-state index in [0.29, 0.717) is 6.10 Å². The average Bonchev–Trinajstić information content (AvgIpc) is 2.74. The molecule has 1 aliphatic rings. The van der Waals surface area contributed by atoms with Crippen molar-refractivity contribution in [2.45, 2.75) is 38.2 Å². The summed E-state index contributed by atoms with van der Waals surface area (Å²) in [6.07, 6.45) is 5.18. The third kappa shape index (κ3) is 3.46. The number of benzene rings is 1. The van der Waals surface area contributed by atoms with E-state index < -0.39 is 0 Å². The van der Waals surface area contributed by atoms with Crippen LogP contribution in [0.15, 0.2) is 22.7 Å². The predicted octanol–water partition coefficient (Wildman–Crippen LogP) is 2.80. The SMILES string of the molecule is NC(=O)Cc1cc(Br)ccc1OC1CCCC1. The molecule has 0 aromatic heterocycles. The largest absolute Gasteiger partial charge is 0.490 e. The van der Waals surface area contributed by atoms with Crippen molar-refractivity contribution in [1.82, 2.24) is 0 Å². The van der Waals surface area contributed by atoms with Crippen LogP contribution in [0.2, 0.25) is 0 Å². The fraction of sp³-hybridized carbons (Fsp3) is 0.462. The zero-order valence-electron chi connectivity index (χ0n) is 9.62. The molecule has 0 atom stereocenters. The highest BCUT2D eigenvalue weighted by Gasteiger charge is 2.18. The van der Waals surface area contributed by atoms with Crippen molar-refractivity contribution < 1.29 is 9.53 Å². The number of primary amides is 1. The van der Waals surface area contributed by atoms with Gasteiger partial charge in [-0.15, -0.1) is 0 Å². The van der Waals surface area contributed by atoms with Crippen molar-refractivity contribution in [3.8, 4) is 5.75 Å². The van der Waals surface area contributed by atoms with E-state index in [1.807, 2.05) is 18.2 Å². The van der Waals surface area contributed by atoms with Crippen LogP contribution in [0.4, 0.5) is 0 Å². The third-order valence-electron chi connectivity index (χ3n) is 2.98. The number of nitrogens with two attached hydrogens (primary N) is 1. The van der Waals surface area contributed by atoms with Crippen LogP contribution in [0.3, 0.4) is 0 Å². The van der Waals surface area contributed by atoms with Gasteiger partial charge in [-0.2, -0.15) is 0 Å². The van der Waals surface area contributed by atoms with Gasteiger partial charge in [-0.1, -0.05) is 15.9 Å². The van der Waals surface area contributed by atoms with E-state index >= 15 is 0 Å². The lowest BCUT2D eigenvalue weighted by molar-refractivity contribution is -0.117. The fourth-order valence-corrected chi connectivity index (χ4v) is 2.58. The number of hydrogen-bond donors (Lipinski definition) is 1. The highest BCUT2D eigenvalue weighted by Crippen LogP contribution is 2.28. The van der Waals surface area contributed by atoms with Crippen molar-refractivity contribution in [1.29, 1.82) is 0 Å². The highest BCUT2D eigenvalue weighted by atomic mass is 79.9. The molecule has 1 aromatic rings. The molecule has 0 heterocycles. The second-order valence-electron chi connectivity index (χ2n) is 4.42. The zero-order chi connectivity index (χ0) is 12.3. The summed E-state index contributed by atoms with van der Waals surface area (Å²) < 4.78 is 6.87. The van der Waals surface area contributed by atoms with E-state index in [1.54, 1.807) is 0 Å². The Labute approximate surface area is 109 Å². The molecule has 3 nitrogen and oxygen atoms in total. The number of halogens is 1. The van der Waals surface area contributed by atoms with Crippen LogP contribution >= 0.6 is 15.9 Å². The van der Waals surface area contributed by atoms with E-state index in [0.717, 1.165) is 28.6 Å². The summed E-state index contributed by atoms with van der Waals surface area (Å²) in [5.74, 6) is 0.457. The van der Waals surface area contributed by atoms with Gasteiger partial charge in [0.25, 0.3) is 0 Å². The Balaban J connectivity index is 2.15. The van der Waals surface area contributed by atoms with Gasteiger partial charge in [-0.05, 0) is 43.9 Å². The summed E-state index contributed by atoms with van der Waals surface area (Å²) in [5.41, 5.74) is 6.10. The highest BCUT2D eigenvalue weighted by molar-refractivity contribution is 9.10. The minimum atomic E-state index is -0.334. The topological polar surface area (TPSA) is 52.3 Å². The van der Waals surface area contributed by atoms with Gasteiger partial charge in [0.15, 0.2) is 0 Å². The fourth-order valence-electron chi connectivity index (χ4n) is 2.17. The van der Waals surface area contributed by atoms with E-state index in [-0.39, 0.29) is 12.3 Å². The molecule has 4 heteroatoms. The van der Waals surface area contributed by atoms with E-state index in [9.17, 15) is 4.79 Å². The Morgan fingerprint density at radius 2 is 2.12 bits per heavy atom. The number of carbonyl (C=O) groups is 1. The van der Waals surface area contributed by atoms with Crippen LogP contribution in [-0.2, 0) is 11.2 Å². The summed E-state index contributed by atoms with van der Waals surface area (Å²) >= 11 is 3.39. The Bertz CT molecular complexity index is 414. The Hall–Kier alpha value is -1.03. The van der Waals surface area contributed by atoms with Crippen molar-refractivity contribution in [2.24, 2.45) is 5.73 Å². The molecule has 1 aliphatic carbocycles. The molecule has 2 N–H and O–H groups in total. The summed E-state index contributed by atoms with van der Waals surface area (Å²) in [7, 11) is 0. The first-order valence-electron chi connectivity index (χ1n) is 5.88. The lowest BCUT2D eigenvalue weighted by Gasteiger charge is -2.16. The van der Waals surface area contributed by atoms with Gasteiger partial charge in [-0.25, -0.2) is 0 Å². The van der Waals surface area contributed by atoms with E-state index in [2.05, 4.69) is 15.9 Å². The lowest BCUT2D eigenvalue weighted by Crippen LogP contribution is -2.17. The first-order chi connectivity index (χ1) is 8.15. The number of rotatable bonds is 4. The third-order valence-corrected chi connectivity index (χ3v) is 3.48. The van der Waals surface area contributed by atoms with E-state index in [1.165, 1.54) is 12.8 Å². The smallest absolute Gasteiger partial charge is 0.221 e. The second kappa shape index (κ2) is 5.54. The quantitative estimate of drug-likeness (QED) is 0.929. The van der Waals surface area contributed by atoms with Gasteiger partial charge in [0, 0.05) is 10.0 Å². The molecule has 0 saturated heterocycles. The molecule has 17 heavy (non-hydrogen) atoms.